The van der Waals surface area contributed by atoms with Crippen LogP contribution in [0.3, 0.4) is 0 Å². The van der Waals surface area contributed by atoms with Crippen LogP contribution in [0.5, 0.6) is 0 Å². The van der Waals surface area contributed by atoms with E-state index in [1.807, 2.05) is 38.1 Å². The number of aliphatic imine (C=N–C) groups is 1. The first-order chi connectivity index (χ1) is 13.8. The fourth-order valence-corrected chi connectivity index (χ4v) is 3.09. The lowest BCUT2D eigenvalue weighted by atomic mass is 10.1. The van der Waals surface area contributed by atoms with Gasteiger partial charge in [0.1, 0.15) is 0 Å². The number of amides is 1. The zero-order chi connectivity index (χ0) is 21.3. The minimum absolute atomic E-state index is 0. The Hall–Kier alpha value is -1.43. The summed E-state index contributed by atoms with van der Waals surface area (Å²) in [6.45, 7) is 9.15. The maximum atomic E-state index is 12.0. The van der Waals surface area contributed by atoms with Crippen LogP contribution < -0.4 is 10.6 Å². The Morgan fingerprint density at radius 1 is 1.23 bits per heavy atom. The van der Waals surface area contributed by atoms with Gasteiger partial charge in [-0.25, -0.2) is 4.99 Å². The van der Waals surface area contributed by atoms with E-state index in [0.717, 1.165) is 25.2 Å². The third-order valence-electron chi connectivity index (χ3n) is 4.68. The predicted molar refractivity (Wildman–Crippen MR) is 131 cm³/mol. The number of halogens is 1. The molecule has 1 aromatic carbocycles. The van der Waals surface area contributed by atoms with E-state index in [4.69, 9.17) is 4.74 Å². The van der Waals surface area contributed by atoms with Crippen molar-refractivity contribution in [3.05, 3.63) is 35.4 Å². The van der Waals surface area contributed by atoms with Crippen molar-refractivity contribution in [2.45, 2.75) is 26.0 Å². The Balaban J connectivity index is 0.00000450. The van der Waals surface area contributed by atoms with Gasteiger partial charge >= 0.3 is 0 Å². The molecule has 0 saturated carbocycles. The van der Waals surface area contributed by atoms with Crippen molar-refractivity contribution in [1.29, 1.82) is 0 Å². The Labute approximate surface area is 197 Å². The Bertz CT molecular complexity index is 674. The third kappa shape index (κ3) is 9.15. The summed E-state index contributed by atoms with van der Waals surface area (Å²) in [5.74, 6) is 0.640. The quantitative estimate of drug-likeness (QED) is 0.264. The minimum atomic E-state index is -0.873. The van der Waals surface area contributed by atoms with Gasteiger partial charge in [0.05, 0.1) is 25.4 Å². The van der Waals surface area contributed by atoms with Gasteiger partial charge in [-0.2, -0.15) is 0 Å². The Kier molecular flexibility index (Phi) is 11.6. The van der Waals surface area contributed by atoms with Crippen molar-refractivity contribution in [3.63, 3.8) is 0 Å². The van der Waals surface area contributed by atoms with Crippen LogP contribution in [0.2, 0.25) is 0 Å². The summed E-state index contributed by atoms with van der Waals surface area (Å²) >= 11 is 0. The average molecular weight is 533 g/mol. The van der Waals surface area contributed by atoms with Crippen LogP contribution in [0.1, 0.15) is 29.8 Å². The van der Waals surface area contributed by atoms with E-state index < -0.39 is 5.60 Å². The van der Waals surface area contributed by atoms with Gasteiger partial charge in [-0.3, -0.25) is 9.69 Å². The van der Waals surface area contributed by atoms with Crippen LogP contribution in [-0.2, 0) is 11.3 Å². The van der Waals surface area contributed by atoms with E-state index in [1.54, 1.807) is 19.0 Å². The molecule has 30 heavy (non-hydrogen) atoms. The lowest BCUT2D eigenvalue weighted by Gasteiger charge is -2.34. The van der Waals surface area contributed by atoms with Crippen LogP contribution in [0.15, 0.2) is 29.3 Å². The molecule has 1 saturated heterocycles. The largest absolute Gasteiger partial charge is 0.387 e. The van der Waals surface area contributed by atoms with Crippen molar-refractivity contribution in [2.75, 3.05) is 60.0 Å². The number of morpholine rings is 1. The first kappa shape index (κ1) is 26.6. The Morgan fingerprint density at radius 3 is 2.43 bits per heavy atom. The monoisotopic (exact) mass is 533 g/mol. The number of hydrogen-bond donors (Lipinski definition) is 3. The number of nitrogens with one attached hydrogen (secondary N) is 2. The molecule has 8 nitrogen and oxygen atoms in total. The summed E-state index contributed by atoms with van der Waals surface area (Å²) in [5, 5.41) is 17.2. The van der Waals surface area contributed by atoms with Gasteiger partial charge in [0.25, 0.3) is 5.91 Å². The molecule has 0 spiro atoms. The maximum Gasteiger partial charge on any atom is 0.253 e. The molecule has 1 unspecified atom stereocenters. The first-order valence-corrected chi connectivity index (χ1v) is 10.2. The van der Waals surface area contributed by atoms with E-state index >= 15 is 0 Å². The normalized spacial score (nSPS) is 16.9. The van der Waals surface area contributed by atoms with Gasteiger partial charge < -0.3 is 25.4 Å². The summed E-state index contributed by atoms with van der Waals surface area (Å²) in [6.07, 6.45) is 0. The second kappa shape index (κ2) is 13.1. The molecule has 0 bridgehead atoms. The zero-order valence-electron chi connectivity index (χ0n) is 18.5. The number of hydrogen-bond acceptors (Lipinski definition) is 5. The fraction of sp³-hybridized carbons (Fsp3) is 0.619. The van der Waals surface area contributed by atoms with Crippen LogP contribution in [0, 0.1) is 0 Å². The van der Waals surface area contributed by atoms with E-state index in [1.165, 1.54) is 0 Å². The second-order valence-corrected chi connectivity index (χ2v) is 7.83. The number of ether oxygens (including phenoxy) is 1. The van der Waals surface area contributed by atoms with Gasteiger partial charge in [0, 0.05) is 52.4 Å². The number of guanidine groups is 1. The highest BCUT2D eigenvalue weighted by Crippen LogP contribution is 2.09. The molecule has 1 aliphatic heterocycles. The summed E-state index contributed by atoms with van der Waals surface area (Å²) in [6, 6.07) is 7.47. The molecule has 3 N–H and O–H groups in total. The van der Waals surface area contributed by atoms with Gasteiger partial charge in [-0.05, 0) is 31.5 Å². The zero-order valence-corrected chi connectivity index (χ0v) is 20.8. The molecule has 1 heterocycles. The molecule has 1 fully saturated rings. The minimum Gasteiger partial charge on any atom is -0.387 e. The summed E-state index contributed by atoms with van der Waals surface area (Å²) in [5.41, 5.74) is 0.798. The molecule has 170 valence electrons. The van der Waals surface area contributed by atoms with Crippen LogP contribution in [0.4, 0.5) is 0 Å². The third-order valence-corrected chi connectivity index (χ3v) is 4.68. The van der Waals surface area contributed by atoms with E-state index in [9.17, 15) is 9.90 Å². The van der Waals surface area contributed by atoms with Crippen molar-refractivity contribution in [1.82, 2.24) is 20.4 Å². The Morgan fingerprint density at radius 2 is 1.87 bits per heavy atom. The summed E-state index contributed by atoms with van der Waals surface area (Å²) in [4.78, 5) is 20.3. The molecule has 9 heteroatoms. The van der Waals surface area contributed by atoms with Crippen molar-refractivity contribution in [2.24, 2.45) is 4.99 Å². The SMILES string of the molecule is CCNC(=NCc1ccc(C(=O)N(C)C)cc1)NCC(C)(O)CN1CCOCC1.I. The first-order valence-electron chi connectivity index (χ1n) is 10.2. The topological polar surface area (TPSA) is 89.4 Å². The lowest BCUT2D eigenvalue weighted by molar-refractivity contribution is -0.0201. The average Bonchev–Trinajstić information content (AvgIpc) is 2.70. The highest BCUT2D eigenvalue weighted by atomic mass is 127. The van der Waals surface area contributed by atoms with Gasteiger partial charge in [-0.15, -0.1) is 24.0 Å². The van der Waals surface area contributed by atoms with Gasteiger partial charge in [0.15, 0.2) is 5.96 Å². The van der Waals surface area contributed by atoms with Crippen molar-refractivity contribution < 1.29 is 14.6 Å². The van der Waals surface area contributed by atoms with Crippen LogP contribution in [-0.4, -0.2) is 92.4 Å². The van der Waals surface area contributed by atoms with Gasteiger partial charge in [-0.1, -0.05) is 12.1 Å². The standard InChI is InChI=1S/C21H35N5O3.HI/c1-5-22-20(24-15-21(2,28)16-26-10-12-29-13-11-26)23-14-17-6-8-18(9-7-17)19(27)25(3)4;/h6-9,28H,5,10-16H2,1-4H3,(H2,22,23,24);1H. The molecule has 2 rings (SSSR count). The molecule has 0 aromatic heterocycles. The lowest BCUT2D eigenvalue weighted by Crippen LogP contribution is -2.52. The number of β-amino-alcohol motifs (C(OH)–C–C–N with tert-alkyl or cyclic N) is 1. The molecule has 1 aromatic rings. The number of rotatable bonds is 8. The van der Waals surface area contributed by atoms with Crippen molar-refractivity contribution in [3.8, 4) is 0 Å². The van der Waals surface area contributed by atoms with E-state index in [2.05, 4.69) is 20.5 Å². The van der Waals surface area contributed by atoms with Crippen molar-refractivity contribution >= 4 is 35.8 Å². The number of benzene rings is 1. The number of nitrogens with zero attached hydrogens (tertiary/aromatic N) is 3. The molecular formula is C21H36IN5O3. The number of aliphatic hydroxyl groups is 1. The molecule has 1 atom stereocenters. The molecule has 1 aliphatic rings. The molecule has 0 aliphatic carbocycles. The maximum absolute atomic E-state index is 12.0. The van der Waals surface area contributed by atoms with E-state index in [0.29, 0.717) is 44.4 Å². The molecular weight excluding hydrogens is 497 g/mol. The van der Waals surface area contributed by atoms with Crippen LogP contribution >= 0.6 is 24.0 Å². The number of carbonyl (C=O) groups excluding carboxylic acids is 1. The molecule has 0 radical (unpaired) electrons. The smallest absolute Gasteiger partial charge is 0.253 e. The highest BCUT2D eigenvalue weighted by molar-refractivity contribution is 14.0. The summed E-state index contributed by atoms with van der Waals surface area (Å²) < 4.78 is 5.36. The predicted octanol–water partition coefficient (Wildman–Crippen LogP) is 1.14. The van der Waals surface area contributed by atoms with Crippen LogP contribution in [0.25, 0.3) is 0 Å². The fourth-order valence-electron chi connectivity index (χ4n) is 3.09. The molecule has 1 amide bonds. The second-order valence-electron chi connectivity index (χ2n) is 7.83. The van der Waals surface area contributed by atoms with E-state index in [-0.39, 0.29) is 29.9 Å². The summed E-state index contributed by atoms with van der Waals surface area (Å²) in [7, 11) is 3.48. The van der Waals surface area contributed by atoms with Gasteiger partial charge in [0.2, 0.25) is 0 Å². The number of carbonyl (C=O) groups is 1. The highest BCUT2D eigenvalue weighted by Gasteiger charge is 2.25.